The Bertz CT molecular complexity index is 299. The summed E-state index contributed by atoms with van der Waals surface area (Å²) in [6, 6.07) is 7.63. The molecule has 0 bridgehead atoms. The number of hydroxylamine groups is 1. The van der Waals surface area contributed by atoms with Crippen molar-refractivity contribution in [3.63, 3.8) is 0 Å². The Balaban J connectivity index is 1.97. The second kappa shape index (κ2) is 4.41. The minimum atomic E-state index is 0.187. The average Bonchev–Trinajstić information content (AvgIpc) is 2.13. The Morgan fingerprint density at radius 3 is 3.00 bits per heavy atom. The molecule has 0 atom stereocenters. The van der Waals surface area contributed by atoms with Gasteiger partial charge in [0.15, 0.2) is 0 Å². The number of nitrogens with one attached hydrogen (secondary N) is 1. The van der Waals surface area contributed by atoms with E-state index in [0.717, 1.165) is 11.3 Å². The lowest BCUT2D eigenvalue weighted by Crippen LogP contribution is -2.38. The maximum atomic E-state index is 8.54. The van der Waals surface area contributed by atoms with Crippen LogP contribution in [0.15, 0.2) is 24.3 Å². The highest BCUT2D eigenvalue weighted by Gasteiger charge is 2.19. The van der Waals surface area contributed by atoms with Crippen molar-refractivity contribution in [2.45, 2.75) is 12.6 Å². The molecule has 1 aromatic rings. The van der Waals surface area contributed by atoms with Crippen molar-refractivity contribution in [1.29, 1.82) is 0 Å². The summed E-state index contributed by atoms with van der Waals surface area (Å²) in [5.74, 6) is 0.825. The SMILES string of the molecule is ONCc1cccc(OC2COC2)c1. The Morgan fingerprint density at radius 2 is 2.36 bits per heavy atom. The highest BCUT2D eigenvalue weighted by molar-refractivity contribution is 5.28. The summed E-state index contributed by atoms with van der Waals surface area (Å²) in [5, 5.41) is 8.54. The molecule has 1 aliphatic heterocycles. The van der Waals surface area contributed by atoms with Crippen LogP contribution in [0.25, 0.3) is 0 Å². The maximum absolute atomic E-state index is 8.54. The second-order valence-electron chi connectivity index (χ2n) is 3.26. The van der Waals surface area contributed by atoms with Crippen molar-refractivity contribution >= 4 is 0 Å². The predicted octanol–water partition coefficient (Wildman–Crippen LogP) is 0.943. The molecule has 1 aliphatic rings. The molecular formula is C10H13NO3. The third-order valence-corrected chi connectivity index (χ3v) is 2.09. The predicted molar refractivity (Wildman–Crippen MR) is 50.3 cm³/mol. The van der Waals surface area contributed by atoms with Gasteiger partial charge in [0.25, 0.3) is 0 Å². The smallest absolute Gasteiger partial charge is 0.145 e. The normalized spacial score (nSPS) is 16.4. The molecule has 14 heavy (non-hydrogen) atoms. The molecule has 1 aromatic carbocycles. The Kier molecular flexibility index (Phi) is 2.98. The second-order valence-corrected chi connectivity index (χ2v) is 3.26. The Hall–Kier alpha value is -1.10. The van der Waals surface area contributed by atoms with E-state index in [2.05, 4.69) is 5.48 Å². The van der Waals surface area contributed by atoms with Crippen molar-refractivity contribution < 1.29 is 14.7 Å². The molecule has 0 aliphatic carbocycles. The largest absolute Gasteiger partial charge is 0.486 e. The van der Waals surface area contributed by atoms with Gasteiger partial charge in [-0.3, -0.25) is 0 Å². The first kappa shape index (κ1) is 9.45. The van der Waals surface area contributed by atoms with E-state index in [9.17, 15) is 0 Å². The molecule has 0 radical (unpaired) electrons. The molecule has 76 valence electrons. The maximum Gasteiger partial charge on any atom is 0.145 e. The monoisotopic (exact) mass is 195 g/mol. The minimum absolute atomic E-state index is 0.187. The number of hydrogen-bond donors (Lipinski definition) is 2. The van der Waals surface area contributed by atoms with Gasteiger partial charge < -0.3 is 14.7 Å². The first-order chi connectivity index (χ1) is 6.88. The molecule has 1 saturated heterocycles. The van der Waals surface area contributed by atoms with Crippen molar-refractivity contribution in [2.24, 2.45) is 0 Å². The van der Waals surface area contributed by atoms with Crippen LogP contribution >= 0.6 is 0 Å². The fraction of sp³-hybridized carbons (Fsp3) is 0.400. The van der Waals surface area contributed by atoms with Crippen molar-refractivity contribution in [2.75, 3.05) is 13.2 Å². The molecule has 0 unspecified atom stereocenters. The van der Waals surface area contributed by atoms with Gasteiger partial charge in [-0.2, -0.15) is 0 Å². The van der Waals surface area contributed by atoms with E-state index in [1.807, 2.05) is 24.3 Å². The molecule has 0 amide bonds. The molecule has 1 heterocycles. The van der Waals surface area contributed by atoms with Crippen LogP contribution in [-0.2, 0) is 11.3 Å². The lowest BCUT2D eigenvalue weighted by molar-refractivity contribution is -0.0797. The lowest BCUT2D eigenvalue weighted by atomic mass is 10.2. The van der Waals surface area contributed by atoms with Crippen LogP contribution in [0.4, 0.5) is 0 Å². The van der Waals surface area contributed by atoms with Crippen LogP contribution in [0.5, 0.6) is 5.75 Å². The average molecular weight is 195 g/mol. The molecule has 4 heteroatoms. The standard InChI is InChI=1S/C10H13NO3/c12-11-5-8-2-1-3-9(4-8)14-10-6-13-7-10/h1-4,10-12H,5-7H2. The van der Waals surface area contributed by atoms with E-state index in [0.29, 0.717) is 19.8 Å². The van der Waals surface area contributed by atoms with Gasteiger partial charge >= 0.3 is 0 Å². The van der Waals surface area contributed by atoms with Crippen LogP contribution in [0.1, 0.15) is 5.56 Å². The molecular weight excluding hydrogens is 182 g/mol. The molecule has 0 aromatic heterocycles. The zero-order chi connectivity index (χ0) is 9.80. The summed E-state index contributed by atoms with van der Waals surface area (Å²) < 4.78 is 10.6. The molecule has 0 saturated carbocycles. The fourth-order valence-electron chi connectivity index (χ4n) is 1.29. The number of benzene rings is 1. The summed E-state index contributed by atoms with van der Waals surface area (Å²) in [5.41, 5.74) is 3.10. The summed E-state index contributed by atoms with van der Waals surface area (Å²) in [4.78, 5) is 0. The fourth-order valence-corrected chi connectivity index (χ4v) is 1.29. The van der Waals surface area contributed by atoms with Gasteiger partial charge in [-0.25, -0.2) is 5.48 Å². The van der Waals surface area contributed by atoms with Gasteiger partial charge in [-0.1, -0.05) is 12.1 Å². The first-order valence-corrected chi connectivity index (χ1v) is 4.59. The molecule has 2 rings (SSSR count). The van der Waals surface area contributed by atoms with Crippen LogP contribution in [0.3, 0.4) is 0 Å². The van der Waals surface area contributed by atoms with Gasteiger partial charge in [0.1, 0.15) is 11.9 Å². The lowest BCUT2D eigenvalue weighted by Gasteiger charge is -2.26. The molecule has 0 spiro atoms. The van der Waals surface area contributed by atoms with Crippen LogP contribution in [-0.4, -0.2) is 24.5 Å². The molecule has 4 nitrogen and oxygen atoms in total. The third-order valence-electron chi connectivity index (χ3n) is 2.09. The molecule has 2 N–H and O–H groups in total. The van der Waals surface area contributed by atoms with Crippen LogP contribution in [0.2, 0.25) is 0 Å². The Labute approximate surface area is 82.4 Å². The quantitative estimate of drug-likeness (QED) is 0.702. The van der Waals surface area contributed by atoms with Gasteiger partial charge in [0.2, 0.25) is 0 Å². The van der Waals surface area contributed by atoms with Crippen LogP contribution < -0.4 is 10.2 Å². The number of rotatable bonds is 4. The summed E-state index contributed by atoms with van der Waals surface area (Å²) >= 11 is 0. The molecule has 1 fully saturated rings. The highest BCUT2D eigenvalue weighted by atomic mass is 16.6. The van der Waals surface area contributed by atoms with Gasteiger partial charge in [-0.05, 0) is 17.7 Å². The van der Waals surface area contributed by atoms with E-state index in [4.69, 9.17) is 14.7 Å². The topological polar surface area (TPSA) is 50.7 Å². The minimum Gasteiger partial charge on any atom is -0.486 e. The Morgan fingerprint density at radius 1 is 1.50 bits per heavy atom. The van der Waals surface area contributed by atoms with E-state index < -0.39 is 0 Å². The summed E-state index contributed by atoms with van der Waals surface area (Å²) in [6.07, 6.45) is 0.187. The first-order valence-electron chi connectivity index (χ1n) is 4.59. The third kappa shape index (κ3) is 2.23. The summed E-state index contributed by atoms with van der Waals surface area (Å²) in [7, 11) is 0. The van der Waals surface area contributed by atoms with Crippen LogP contribution in [0, 0.1) is 0 Å². The number of hydrogen-bond acceptors (Lipinski definition) is 4. The van der Waals surface area contributed by atoms with E-state index >= 15 is 0 Å². The van der Waals surface area contributed by atoms with Gasteiger partial charge in [0.05, 0.1) is 13.2 Å². The highest BCUT2D eigenvalue weighted by Crippen LogP contribution is 2.17. The van der Waals surface area contributed by atoms with Crippen molar-refractivity contribution in [3.05, 3.63) is 29.8 Å². The van der Waals surface area contributed by atoms with Gasteiger partial charge in [0, 0.05) is 6.54 Å². The van der Waals surface area contributed by atoms with Crippen molar-refractivity contribution in [3.8, 4) is 5.75 Å². The zero-order valence-corrected chi connectivity index (χ0v) is 7.77. The van der Waals surface area contributed by atoms with Gasteiger partial charge in [-0.15, -0.1) is 0 Å². The number of ether oxygens (including phenoxy) is 2. The van der Waals surface area contributed by atoms with E-state index in [-0.39, 0.29) is 6.10 Å². The van der Waals surface area contributed by atoms with E-state index in [1.54, 1.807) is 0 Å². The van der Waals surface area contributed by atoms with Crippen molar-refractivity contribution in [1.82, 2.24) is 5.48 Å². The zero-order valence-electron chi connectivity index (χ0n) is 7.77. The van der Waals surface area contributed by atoms with E-state index in [1.165, 1.54) is 0 Å². The summed E-state index contributed by atoms with van der Waals surface area (Å²) in [6.45, 7) is 1.77.